The lowest BCUT2D eigenvalue weighted by atomic mass is 10.1. The van der Waals surface area contributed by atoms with Gasteiger partial charge in [0.15, 0.2) is 5.96 Å². The second kappa shape index (κ2) is 12.5. The number of pyridine rings is 1. The molecule has 0 spiro atoms. The Kier molecular flexibility index (Phi) is 9.49. The summed E-state index contributed by atoms with van der Waals surface area (Å²) in [7, 11) is 3.50. The van der Waals surface area contributed by atoms with Gasteiger partial charge in [0.2, 0.25) is 0 Å². The lowest BCUT2D eigenvalue weighted by Crippen LogP contribution is -2.42. The predicted molar refractivity (Wildman–Crippen MR) is 142 cm³/mol. The topological polar surface area (TPSA) is 79.6 Å². The van der Waals surface area contributed by atoms with E-state index in [0.717, 1.165) is 42.7 Å². The van der Waals surface area contributed by atoms with Crippen molar-refractivity contribution in [2.75, 3.05) is 33.8 Å². The standard InChI is InChI=1S/C24H31N7O.HI/c1-25-24(28-16-19-5-10-23(27-15-19)31-14-11-26-18-31)29-17-22(30-12-3-4-13-30)20-6-8-21(32-2)9-7-20;/h5-11,14-15,18,22H,3-4,12-13,16-17H2,1-2H3,(H2,25,28,29);1H. The van der Waals surface area contributed by atoms with E-state index in [-0.39, 0.29) is 30.0 Å². The molecular formula is C24H32IN7O. The zero-order chi connectivity index (χ0) is 22.2. The van der Waals surface area contributed by atoms with Gasteiger partial charge in [0.1, 0.15) is 17.9 Å². The van der Waals surface area contributed by atoms with Crippen LogP contribution in [0.4, 0.5) is 0 Å². The first-order chi connectivity index (χ1) is 15.8. The quantitative estimate of drug-likeness (QED) is 0.250. The molecule has 8 nitrogen and oxygen atoms in total. The Balaban J connectivity index is 0.00000306. The molecule has 0 amide bonds. The number of methoxy groups -OCH3 is 1. The summed E-state index contributed by atoms with van der Waals surface area (Å²) >= 11 is 0. The number of aliphatic imine (C=N–C) groups is 1. The van der Waals surface area contributed by atoms with E-state index in [9.17, 15) is 0 Å². The maximum atomic E-state index is 5.32. The van der Waals surface area contributed by atoms with E-state index >= 15 is 0 Å². The number of nitrogens with one attached hydrogen (secondary N) is 2. The van der Waals surface area contributed by atoms with E-state index in [4.69, 9.17) is 4.74 Å². The van der Waals surface area contributed by atoms with Crippen LogP contribution in [0.2, 0.25) is 0 Å². The number of nitrogens with zero attached hydrogens (tertiary/aromatic N) is 5. The van der Waals surface area contributed by atoms with Crippen LogP contribution >= 0.6 is 24.0 Å². The molecule has 176 valence electrons. The van der Waals surface area contributed by atoms with Crippen molar-refractivity contribution in [2.24, 2.45) is 4.99 Å². The summed E-state index contributed by atoms with van der Waals surface area (Å²) in [4.78, 5) is 15.5. The third-order valence-electron chi connectivity index (χ3n) is 5.81. The van der Waals surface area contributed by atoms with Crippen LogP contribution in [0.3, 0.4) is 0 Å². The molecule has 1 atom stereocenters. The third kappa shape index (κ3) is 6.67. The highest BCUT2D eigenvalue weighted by Crippen LogP contribution is 2.26. The molecule has 1 aromatic carbocycles. The highest BCUT2D eigenvalue weighted by Gasteiger charge is 2.23. The van der Waals surface area contributed by atoms with Crippen molar-refractivity contribution in [1.82, 2.24) is 30.1 Å². The number of guanidine groups is 1. The Labute approximate surface area is 212 Å². The zero-order valence-corrected chi connectivity index (χ0v) is 21.5. The fourth-order valence-corrected chi connectivity index (χ4v) is 4.01. The van der Waals surface area contributed by atoms with E-state index in [1.165, 1.54) is 18.4 Å². The highest BCUT2D eigenvalue weighted by molar-refractivity contribution is 14.0. The average molecular weight is 561 g/mol. The Hall–Kier alpha value is -2.66. The van der Waals surface area contributed by atoms with Crippen molar-refractivity contribution in [1.29, 1.82) is 0 Å². The van der Waals surface area contributed by atoms with Gasteiger partial charge >= 0.3 is 0 Å². The Bertz CT molecular complexity index is 985. The summed E-state index contributed by atoms with van der Waals surface area (Å²) in [6.07, 6.45) is 9.74. The molecule has 4 rings (SSSR count). The minimum Gasteiger partial charge on any atom is -0.497 e. The van der Waals surface area contributed by atoms with Gasteiger partial charge < -0.3 is 15.4 Å². The van der Waals surface area contributed by atoms with Gasteiger partial charge in [-0.25, -0.2) is 9.97 Å². The van der Waals surface area contributed by atoms with Gasteiger partial charge in [0.05, 0.1) is 13.2 Å². The molecule has 9 heteroatoms. The van der Waals surface area contributed by atoms with Crippen molar-refractivity contribution >= 4 is 29.9 Å². The van der Waals surface area contributed by atoms with E-state index < -0.39 is 0 Å². The molecule has 1 saturated heterocycles. The van der Waals surface area contributed by atoms with Crippen molar-refractivity contribution < 1.29 is 4.74 Å². The van der Waals surface area contributed by atoms with Crippen molar-refractivity contribution in [3.8, 4) is 11.6 Å². The van der Waals surface area contributed by atoms with E-state index in [1.54, 1.807) is 26.7 Å². The molecule has 1 aliphatic heterocycles. The van der Waals surface area contributed by atoms with Gasteiger partial charge in [-0.15, -0.1) is 24.0 Å². The second-order valence-corrected chi connectivity index (χ2v) is 7.83. The van der Waals surface area contributed by atoms with Gasteiger partial charge in [-0.05, 0) is 55.3 Å². The van der Waals surface area contributed by atoms with Crippen molar-refractivity contribution in [3.63, 3.8) is 0 Å². The second-order valence-electron chi connectivity index (χ2n) is 7.83. The molecule has 0 bridgehead atoms. The van der Waals surface area contributed by atoms with Crippen LogP contribution in [0.1, 0.15) is 30.0 Å². The van der Waals surface area contributed by atoms with Gasteiger partial charge in [-0.1, -0.05) is 18.2 Å². The number of imidazole rings is 1. The Morgan fingerprint density at radius 1 is 1.12 bits per heavy atom. The smallest absolute Gasteiger partial charge is 0.191 e. The molecular weight excluding hydrogens is 529 g/mol. The summed E-state index contributed by atoms with van der Waals surface area (Å²) in [5, 5.41) is 6.91. The first kappa shape index (κ1) is 25.0. The number of ether oxygens (including phenoxy) is 1. The number of hydrogen-bond acceptors (Lipinski definition) is 5. The number of likely N-dealkylation sites (tertiary alicyclic amines) is 1. The molecule has 0 aliphatic carbocycles. The SMILES string of the molecule is CN=C(NCc1ccc(-n2ccnc2)nc1)NCC(c1ccc(OC)cc1)N1CCCC1.I. The Morgan fingerprint density at radius 3 is 2.52 bits per heavy atom. The summed E-state index contributed by atoms with van der Waals surface area (Å²) in [5.41, 5.74) is 2.37. The van der Waals surface area contributed by atoms with E-state index in [1.807, 2.05) is 35.2 Å². The van der Waals surface area contributed by atoms with Crippen LogP contribution in [0.25, 0.3) is 5.82 Å². The molecule has 0 saturated carbocycles. The third-order valence-corrected chi connectivity index (χ3v) is 5.81. The number of rotatable bonds is 8. The predicted octanol–water partition coefficient (Wildman–Crippen LogP) is 3.40. The van der Waals surface area contributed by atoms with E-state index in [2.05, 4.69) is 48.7 Å². The van der Waals surface area contributed by atoms with Crippen LogP contribution in [0.5, 0.6) is 5.75 Å². The number of halogens is 1. The fraction of sp³-hybridized carbons (Fsp3) is 0.375. The van der Waals surface area contributed by atoms with Crippen LogP contribution in [0.15, 0.2) is 66.3 Å². The zero-order valence-electron chi connectivity index (χ0n) is 19.1. The molecule has 1 unspecified atom stereocenters. The van der Waals surface area contributed by atoms with Gasteiger partial charge in [0.25, 0.3) is 0 Å². The maximum absolute atomic E-state index is 5.32. The van der Waals surface area contributed by atoms with Crippen LogP contribution in [-0.2, 0) is 6.54 Å². The van der Waals surface area contributed by atoms with Crippen LogP contribution < -0.4 is 15.4 Å². The first-order valence-corrected chi connectivity index (χ1v) is 11.0. The normalized spacial score (nSPS) is 15.0. The monoisotopic (exact) mass is 561 g/mol. The summed E-state index contributed by atoms with van der Waals surface area (Å²) < 4.78 is 7.21. The molecule has 3 aromatic rings. The summed E-state index contributed by atoms with van der Waals surface area (Å²) in [5.74, 6) is 2.51. The summed E-state index contributed by atoms with van der Waals surface area (Å²) in [6.45, 7) is 3.68. The number of benzene rings is 1. The molecule has 33 heavy (non-hydrogen) atoms. The largest absolute Gasteiger partial charge is 0.497 e. The Morgan fingerprint density at radius 2 is 1.91 bits per heavy atom. The molecule has 2 aromatic heterocycles. The molecule has 1 fully saturated rings. The van der Waals surface area contributed by atoms with Crippen molar-refractivity contribution in [3.05, 3.63) is 72.4 Å². The van der Waals surface area contributed by atoms with Gasteiger partial charge in [-0.2, -0.15) is 0 Å². The maximum Gasteiger partial charge on any atom is 0.191 e. The molecule has 3 heterocycles. The molecule has 2 N–H and O–H groups in total. The van der Waals surface area contributed by atoms with Crippen molar-refractivity contribution in [2.45, 2.75) is 25.4 Å². The number of hydrogen-bond donors (Lipinski definition) is 2. The lowest BCUT2D eigenvalue weighted by molar-refractivity contribution is 0.245. The molecule has 0 radical (unpaired) electrons. The first-order valence-electron chi connectivity index (χ1n) is 11.0. The number of aromatic nitrogens is 3. The lowest BCUT2D eigenvalue weighted by Gasteiger charge is -2.29. The van der Waals surface area contributed by atoms with Gasteiger partial charge in [0, 0.05) is 38.7 Å². The minimum atomic E-state index is 0. The highest BCUT2D eigenvalue weighted by atomic mass is 127. The van der Waals surface area contributed by atoms with Crippen LogP contribution in [0, 0.1) is 0 Å². The minimum absolute atomic E-state index is 0. The summed E-state index contributed by atoms with van der Waals surface area (Å²) in [6, 6.07) is 12.7. The van der Waals surface area contributed by atoms with Crippen LogP contribution in [-0.4, -0.2) is 59.2 Å². The van der Waals surface area contributed by atoms with E-state index in [0.29, 0.717) is 6.54 Å². The average Bonchev–Trinajstić information content (AvgIpc) is 3.57. The van der Waals surface area contributed by atoms with Gasteiger partial charge in [-0.3, -0.25) is 14.5 Å². The molecule has 1 aliphatic rings. The fourth-order valence-electron chi connectivity index (χ4n) is 4.01.